The first-order chi connectivity index (χ1) is 13.6. The fourth-order valence-corrected chi connectivity index (χ4v) is 4.04. The Morgan fingerprint density at radius 3 is 2.69 bits per heavy atom. The van der Waals surface area contributed by atoms with Gasteiger partial charge in [-0.05, 0) is 52.3 Å². The van der Waals surface area contributed by atoms with Gasteiger partial charge in [-0.3, -0.25) is 9.88 Å². The zero-order valence-electron chi connectivity index (χ0n) is 17.5. The van der Waals surface area contributed by atoms with E-state index in [2.05, 4.69) is 22.9 Å². The van der Waals surface area contributed by atoms with Gasteiger partial charge >= 0.3 is 0 Å². The van der Waals surface area contributed by atoms with E-state index in [4.69, 9.17) is 19.2 Å². The van der Waals surface area contributed by atoms with Crippen molar-refractivity contribution < 1.29 is 14.2 Å². The van der Waals surface area contributed by atoms with E-state index in [1.165, 1.54) is 12.8 Å². The highest BCUT2D eigenvalue weighted by Gasteiger charge is 2.26. The van der Waals surface area contributed by atoms with Gasteiger partial charge in [0.05, 0.1) is 12.3 Å². The predicted molar refractivity (Wildman–Crippen MR) is 118 cm³/mol. The molecule has 0 aliphatic carbocycles. The highest BCUT2D eigenvalue weighted by molar-refractivity contribution is 7.59. The van der Waals surface area contributed by atoms with E-state index in [-0.39, 0.29) is 19.5 Å². The second-order valence-electron chi connectivity index (χ2n) is 7.81. The molecular formula is C22H31N3O3S. The maximum atomic E-state index is 6.10. The Labute approximate surface area is 180 Å². The van der Waals surface area contributed by atoms with Gasteiger partial charge in [-0.15, -0.1) is 0 Å². The predicted octanol–water partition coefficient (Wildman–Crippen LogP) is 3.83. The van der Waals surface area contributed by atoms with Gasteiger partial charge < -0.3 is 14.2 Å². The number of rotatable bonds is 5. The number of aromatic nitrogens is 2. The molecule has 4 heterocycles. The van der Waals surface area contributed by atoms with Crippen LogP contribution < -0.4 is 14.2 Å². The van der Waals surface area contributed by atoms with Crippen LogP contribution in [0.3, 0.4) is 0 Å². The summed E-state index contributed by atoms with van der Waals surface area (Å²) in [6.45, 7) is 10.2. The molecule has 2 atom stereocenters. The highest BCUT2D eigenvalue weighted by Crippen LogP contribution is 2.32. The lowest BCUT2D eigenvalue weighted by Crippen LogP contribution is -2.39. The molecule has 0 aromatic carbocycles. The number of pyridine rings is 2. The van der Waals surface area contributed by atoms with Gasteiger partial charge in [-0.25, -0.2) is 4.98 Å². The molecule has 0 amide bonds. The second-order valence-corrected chi connectivity index (χ2v) is 7.81. The minimum atomic E-state index is 0. The maximum absolute atomic E-state index is 6.10. The third-order valence-corrected chi connectivity index (χ3v) is 5.49. The molecular weight excluding hydrogens is 386 g/mol. The van der Waals surface area contributed by atoms with Crippen LogP contribution in [0, 0.1) is 19.8 Å². The van der Waals surface area contributed by atoms with E-state index in [1.807, 2.05) is 32.0 Å². The van der Waals surface area contributed by atoms with E-state index in [9.17, 15) is 0 Å². The van der Waals surface area contributed by atoms with Crippen molar-refractivity contribution in [3.8, 4) is 17.4 Å². The molecule has 7 heteroatoms. The lowest BCUT2D eigenvalue weighted by molar-refractivity contribution is 0.0981. The van der Waals surface area contributed by atoms with Crippen LogP contribution in [-0.4, -0.2) is 47.8 Å². The Kier molecular flexibility index (Phi) is 7.24. The molecule has 0 bridgehead atoms. The Morgan fingerprint density at radius 1 is 1.14 bits per heavy atom. The van der Waals surface area contributed by atoms with E-state index >= 15 is 0 Å². The number of likely N-dealkylation sites (tertiary alicyclic amines) is 1. The van der Waals surface area contributed by atoms with Gasteiger partial charge in [-0.2, -0.15) is 13.5 Å². The number of hydrogen-bond acceptors (Lipinski definition) is 6. The summed E-state index contributed by atoms with van der Waals surface area (Å²) >= 11 is 0. The van der Waals surface area contributed by atoms with Gasteiger partial charge in [0.2, 0.25) is 0 Å². The summed E-state index contributed by atoms with van der Waals surface area (Å²) in [5, 5.41) is 0. The average molecular weight is 418 g/mol. The van der Waals surface area contributed by atoms with Crippen LogP contribution in [0.5, 0.6) is 17.4 Å². The van der Waals surface area contributed by atoms with E-state index in [0.29, 0.717) is 25.0 Å². The molecule has 158 valence electrons. The van der Waals surface area contributed by atoms with Gasteiger partial charge in [0.25, 0.3) is 5.88 Å². The molecule has 6 nitrogen and oxygen atoms in total. The Morgan fingerprint density at radius 2 is 1.90 bits per heavy atom. The van der Waals surface area contributed by atoms with E-state index in [1.54, 1.807) is 0 Å². The van der Waals surface area contributed by atoms with Crippen molar-refractivity contribution in [2.24, 2.45) is 5.92 Å². The SMILES string of the molecule is Cc1cc(OC[C@H]2CCCN(C(C)c3ccc4c(n3)OCCO4)C2)cc(C)n1.S. The van der Waals surface area contributed by atoms with Crippen molar-refractivity contribution in [1.29, 1.82) is 0 Å². The average Bonchev–Trinajstić information content (AvgIpc) is 2.71. The molecule has 0 N–H and O–H groups in total. The van der Waals surface area contributed by atoms with Crippen molar-refractivity contribution in [3.63, 3.8) is 0 Å². The molecule has 1 unspecified atom stereocenters. The van der Waals surface area contributed by atoms with E-state index in [0.717, 1.165) is 48.3 Å². The monoisotopic (exact) mass is 417 g/mol. The Balaban J connectivity index is 0.00000240. The topological polar surface area (TPSA) is 56.7 Å². The lowest BCUT2D eigenvalue weighted by atomic mass is 9.97. The molecule has 2 aliphatic heterocycles. The summed E-state index contributed by atoms with van der Waals surface area (Å²) in [5.41, 5.74) is 3.03. The number of nitrogens with zero attached hydrogens (tertiary/aromatic N) is 3. The van der Waals surface area contributed by atoms with Crippen molar-refractivity contribution in [2.45, 2.75) is 39.7 Å². The Hall–Kier alpha value is -1.99. The van der Waals surface area contributed by atoms with Gasteiger partial charge in [0.1, 0.15) is 19.0 Å². The van der Waals surface area contributed by atoms with Crippen LogP contribution in [-0.2, 0) is 0 Å². The smallest absolute Gasteiger partial charge is 0.257 e. The first-order valence-corrected chi connectivity index (χ1v) is 10.2. The van der Waals surface area contributed by atoms with Crippen LogP contribution in [0.4, 0.5) is 0 Å². The normalized spacial score (nSPS) is 19.9. The highest BCUT2D eigenvalue weighted by atomic mass is 32.1. The van der Waals surface area contributed by atoms with Crippen LogP contribution in [0.2, 0.25) is 0 Å². The van der Waals surface area contributed by atoms with Crippen molar-refractivity contribution >= 4 is 13.5 Å². The minimum Gasteiger partial charge on any atom is -0.493 e. The van der Waals surface area contributed by atoms with Crippen molar-refractivity contribution in [2.75, 3.05) is 32.9 Å². The zero-order chi connectivity index (χ0) is 19.5. The second kappa shape index (κ2) is 9.67. The number of ether oxygens (including phenoxy) is 3. The molecule has 1 saturated heterocycles. The first-order valence-electron chi connectivity index (χ1n) is 10.2. The first kappa shape index (κ1) is 21.7. The quantitative estimate of drug-likeness (QED) is 0.737. The third-order valence-electron chi connectivity index (χ3n) is 5.49. The molecule has 0 saturated carbocycles. The summed E-state index contributed by atoms with van der Waals surface area (Å²) in [7, 11) is 0. The van der Waals surface area contributed by atoms with Crippen LogP contribution >= 0.6 is 13.5 Å². The van der Waals surface area contributed by atoms with Crippen LogP contribution in [0.1, 0.15) is 42.9 Å². The molecule has 4 rings (SSSR count). The molecule has 2 aromatic heterocycles. The molecule has 2 aliphatic rings. The van der Waals surface area contributed by atoms with Gasteiger partial charge in [0.15, 0.2) is 5.75 Å². The van der Waals surface area contributed by atoms with E-state index < -0.39 is 0 Å². The summed E-state index contributed by atoms with van der Waals surface area (Å²) in [5.74, 6) is 2.80. The molecule has 0 spiro atoms. The molecule has 0 radical (unpaired) electrons. The molecule has 1 fully saturated rings. The van der Waals surface area contributed by atoms with Crippen molar-refractivity contribution in [1.82, 2.24) is 14.9 Å². The number of piperidine rings is 1. The third kappa shape index (κ3) is 5.34. The standard InChI is InChI=1S/C22H29N3O3.H2S/c1-15-11-19(12-16(2)23-15)28-14-18-5-4-8-25(13-18)17(3)20-6-7-21-22(24-20)27-10-9-26-21;/h6-7,11-12,17-18H,4-5,8-10,13-14H2,1-3H3;1H2/t17?,18-;/m0./s1. The fourth-order valence-electron chi connectivity index (χ4n) is 4.04. The number of hydrogen-bond donors (Lipinski definition) is 0. The lowest BCUT2D eigenvalue weighted by Gasteiger charge is -2.36. The van der Waals surface area contributed by atoms with Gasteiger partial charge in [-0.1, -0.05) is 0 Å². The number of aryl methyl sites for hydroxylation is 2. The van der Waals surface area contributed by atoms with Crippen LogP contribution in [0.15, 0.2) is 24.3 Å². The summed E-state index contributed by atoms with van der Waals surface area (Å²) < 4.78 is 17.3. The minimum absolute atomic E-state index is 0. The number of fused-ring (bicyclic) bond motifs is 1. The van der Waals surface area contributed by atoms with Crippen LogP contribution in [0.25, 0.3) is 0 Å². The summed E-state index contributed by atoms with van der Waals surface area (Å²) in [6, 6.07) is 8.29. The molecule has 2 aromatic rings. The van der Waals surface area contributed by atoms with Crippen molar-refractivity contribution in [3.05, 3.63) is 41.3 Å². The maximum Gasteiger partial charge on any atom is 0.257 e. The molecule has 29 heavy (non-hydrogen) atoms. The fraction of sp³-hybridized carbons (Fsp3) is 0.545. The summed E-state index contributed by atoms with van der Waals surface area (Å²) in [6.07, 6.45) is 2.37. The van der Waals surface area contributed by atoms with Gasteiger partial charge in [0, 0.05) is 42.0 Å². The zero-order valence-corrected chi connectivity index (χ0v) is 18.5. The largest absolute Gasteiger partial charge is 0.493 e. The Bertz CT molecular complexity index is 813. The summed E-state index contributed by atoms with van der Waals surface area (Å²) in [4.78, 5) is 11.6.